The smallest absolute Gasteiger partial charge is 0.145 e. The molecule has 2 heterocycles. The first-order chi connectivity index (χ1) is 7.58. The van der Waals surface area contributed by atoms with Crippen LogP contribution in [0.25, 0.3) is 0 Å². The van der Waals surface area contributed by atoms with E-state index in [9.17, 15) is 0 Å². The van der Waals surface area contributed by atoms with Crippen molar-refractivity contribution in [1.29, 1.82) is 0 Å². The minimum absolute atomic E-state index is 0.429. The lowest BCUT2D eigenvalue weighted by Crippen LogP contribution is -2.31. The Morgan fingerprint density at radius 2 is 1.88 bits per heavy atom. The standard InChI is InChI=1S/C13H21N3/c1-9(2)16-7-5-6-12(16)13-14-10(3)8-11(4)15-13/h8-9,12H,5-7H2,1-4H3/t12-/m1/s1. The van der Waals surface area contributed by atoms with Crippen LogP contribution >= 0.6 is 0 Å². The van der Waals surface area contributed by atoms with Gasteiger partial charge in [-0.3, -0.25) is 4.90 Å². The molecule has 0 N–H and O–H groups in total. The highest BCUT2D eigenvalue weighted by atomic mass is 15.2. The van der Waals surface area contributed by atoms with Crippen LogP contribution in [0.1, 0.15) is 49.9 Å². The Hall–Kier alpha value is -0.960. The monoisotopic (exact) mass is 219 g/mol. The average Bonchev–Trinajstić information content (AvgIpc) is 2.63. The van der Waals surface area contributed by atoms with Gasteiger partial charge in [0.25, 0.3) is 0 Å². The lowest BCUT2D eigenvalue weighted by molar-refractivity contribution is 0.198. The Kier molecular flexibility index (Phi) is 3.24. The van der Waals surface area contributed by atoms with E-state index >= 15 is 0 Å². The van der Waals surface area contributed by atoms with Crippen molar-refractivity contribution in [3.05, 3.63) is 23.3 Å². The van der Waals surface area contributed by atoms with E-state index in [1.807, 2.05) is 19.9 Å². The van der Waals surface area contributed by atoms with Crippen molar-refractivity contribution < 1.29 is 0 Å². The highest BCUT2D eigenvalue weighted by Gasteiger charge is 2.29. The van der Waals surface area contributed by atoms with E-state index in [0.29, 0.717) is 12.1 Å². The molecule has 3 heteroatoms. The molecule has 0 amide bonds. The molecule has 0 saturated carbocycles. The van der Waals surface area contributed by atoms with E-state index in [1.165, 1.54) is 19.4 Å². The maximum absolute atomic E-state index is 4.60. The summed E-state index contributed by atoms with van der Waals surface area (Å²) < 4.78 is 0. The summed E-state index contributed by atoms with van der Waals surface area (Å²) >= 11 is 0. The van der Waals surface area contributed by atoms with Gasteiger partial charge in [-0.2, -0.15) is 0 Å². The summed E-state index contributed by atoms with van der Waals surface area (Å²) in [5.41, 5.74) is 2.16. The average molecular weight is 219 g/mol. The van der Waals surface area contributed by atoms with Crippen molar-refractivity contribution in [3.63, 3.8) is 0 Å². The van der Waals surface area contributed by atoms with E-state index in [0.717, 1.165) is 17.2 Å². The molecule has 1 aliphatic rings. The van der Waals surface area contributed by atoms with Gasteiger partial charge in [-0.25, -0.2) is 9.97 Å². The van der Waals surface area contributed by atoms with Crippen LogP contribution < -0.4 is 0 Å². The topological polar surface area (TPSA) is 29.0 Å². The number of rotatable bonds is 2. The minimum atomic E-state index is 0.429. The zero-order chi connectivity index (χ0) is 11.7. The van der Waals surface area contributed by atoms with E-state index in [1.54, 1.807) is 0 Å². The first-order valence-electron chi connectivity index (χ1n) is 6.16. The van der Waals surface area contributed by atoms with Gasteiger partial charge in [0.1, 0.15) is 5.82 Å². The van der Waals surface area contributed by atoms with Gasteiger partial charge in [0.15, 0.2) is 0 Å². The molecule has 0 bridgehead atoms. The Morgan fingerprint density at radius 3 is 2.44 bits per heavy atom. The SMILES string of the molecule is Cc1cc(C)nc([C@H]2CCCN2C(C)C)n1. The fraction of sp³-hybridized carbons (Fsp3) is 0.692. The molecule has 1 saturated heterocycles. The van der Waals surface area contributed by atoms with Gasteiger partial charge in [-0.1, -0.05) is 0 Å². The van der Waals surface area contributed by atoms with Gasteiger partial charge in [0.05, 0.1) is 6.04 Å². The van der Waals surface area contributed by atoms with Crippen LogP contribution in [0.15, 0.2) is 6.07 Å². The quantitative estimate of drug-likeness (QED) is 0.765. The van der Waals surface area contributed by atoms with Crippen molar-refractivity contribution in [2.45, 2.75) is 52.6 Å². The molecule has 0 aliphatic carbocycles. The second-order valence-corrected chi connectivity index (χ2v) is 5.00. The molecule has 88 valence electrons. The molecule has 1 atom stereocenters. The lowest BCUT2D eigenvalue weighted by atomic mass is 10.1. The molecule has 1 aromatic rings. The van der Waals surface area contributed by atoms with Crippen molar-refractivity contribution in [2.75, 3.05) is 6.54 Å². The molecule has 0 spiro atoms. The Labute approximate surface area is 97.9 Å². The van der Waals surface area contributed by atoms with E-state index < -0.39 is 0 Å². The molecule has 1 aliphatic heterocycles. The molecule has 3 nitrogen and oxygen atoms in total. The van der Waals surface area contributed by atoms with Crippen LogP contribution in [0.3, 0.4) is 0 Å². The first-order valence-corrected chi connectivity index (χ1v) is 6.16. The number of nitrogens with zero attached hydrogens (tertiary/aromatic N) is 3. The van der Waals surface area contributed by atoms with Crippen molar-refractivity contribution in [2.24, 2.45) is 0 Å². The van der Waals surface area contributed by atoms with E-state index in [4.69, 9.17) is 0 Å². The fourth-order valence-electron chi connectivity index (χ4n) is 2.59. The highest BCUT2D eigenvalue weighted by molar-refractivity contribution is 5.11. The number of hydrogen-bond donors (Lipinski definition) is 0. The predicted octanol–water partition coefficient (Wildman–Crippen LogP) is 2.64. The van der Waals surface area contributed by atoms with Crippen molar-refractivity contribution in [1.82, 2.24) is 14.9 Å². The minimum Gasteiger partial charge on any atom is -0.291 e. The third-order valence-electron chi connectivity index (χ3n) is 3.26. The molecule has 1 fully saturated rings. The summed E-state index contributed by atoms with van der Waals surface area (Å²) in [7, 11) is 0. The van der Waals surface area contributed by atoms with Gasteiger partial charge in [-0.15, -0.1) is 0 Å². The van der Waals surface area contributed by atoms with E-state index in [2.05, 4.69) is 28.7 Å². The van der Waals surface area contributed by atoms with Crippen molar-refractivity contribution in [3.8, 4) is 0 Å². The summed E-state index contributed by atoms with van der Waals surface area (Å²) in [6.45, 7) is 9.78. The summed E-state index contributed by atoms with van der Waals surface area (Å²) in [6, 6.07) is 3.05. The maximum Gasteiger partial charge on any atom is 0.145 e. The number of aromatic nitrogens is 2. The van der Waals surface area contributed by atoms with Crippen LogP contribution in [0.2, 0.25) is 0 Å². The van der Waals surface area contributed by atoms with Gasteiger partial charge in [0.2, 0.25) is 0 Å². The fourth-order valence-corrected chi connectivity index (χ4v) is 2.59. The number of aryl methyl sites for hydroxylation is 2. The zero-order valence-electron chi connectivity index (χ0n) is 10.7. The van der Waals surface area contributed by atoms with Crippen molar-refractivity contribution >= 4 is 0 Å². The Bertz CT molecular complexity index is 353. The zero-order valence-corrected chi connectivity index (χ0v) is 10.7. The normalized spacial score (nSPS) is 21.9. The summed E-state index contributed by atoms with van der Waals surface area (Å²) in [5, 5.41) is 0. The third-order valence-corrected chi connectivity index (χ3v) is 3.26. The molecule has 1 aromatic heterocycles. The Balaban J connectivity index is 2.29. The van der Waals surface area contributed by atoms with E-state index in [-0.39, 0.29) is 0 Å². The van der Waals surface area contributed by atoms with Crippen LogP contribution in [0.4, 0.5) is 0 Å². The second kappa shape index (κ2) is 4.50. The number of likely N-dealkylation sites (tertiary alicyclic amines) is 1. The molecule has 16 heavy (non-hydrogen) atoms. The van der Waals surface area contributed by atoms with Gasteiger partial charge < -0.3 is 0 Å². The second-order valence-electron chi connectivity index (χ2n) is 5.00. The maximum atomic E-state index is 4.60. The number of hydrogen-bond acceptors (Lipinski definition) is 3. The molecule has 0 unspecified atom stereocenters. The summed E-state index contributed by atoms with van der Waals surface area (Å²) in [5.74, 6) is 1.02. The van der Waals surface area contributed by atoms with Gasteiger partial charge >= 0.3 is 0 Å². The summed E-state index contributed by atoms with van der Waals surface area (Å²) in [6.07, 6.45) is 2.46. The molecule has 2 rings (SSSR count). The highest BCUT2D eigenvalue weighted by Crippen LogP contribution is 2.31. The lowest BCUT2D eigenvalue weighted by Gasteiger charge is -2.27. The first kappa shape index (κ1) is 11.5. The van der Waals surface area contributed by atoms with Crippen LogP contribution in [-0.4, -0.2) is 27.5 Å². The van der Waals surface area contributed by atoms with Crippen LogP contribution in [0.5, 0.6) is 0 Å². The Morgan fingerprint density at radius 1 is 1.25 bits per heavy atom. The molecule has 0 radical (unpaired) electrons. The summed E-state index contributed by atoms with van der Waals surface area (Å²) in [4.78, 5) is 11.7. The molecule has 0 aromatic carbocycles. The third kappa shape index (κ3) is 2.24. The molecular weight excluding hydrogens is 198 g/mol. The van der Waals surface area contributed by atoms with Gasteiger partial charge in [-0.05, 0) is 53.1 Å². The van der Waals surface area contributed by atoms with Crippen LogP contribution in [0, 0.1) is 13.8 Å². The van der Waals surface area contributed by atoms with Crippen LogP contribution in [-0.2, 0) is 0 Å². The largest absolute Gasteiger partial charge is 0.291 e. The molecular formula is C13H21N3. The predicted molar refractivity (Wildman–Crippen MR) is 65.3 cm³/mol. The van der Waals surface area contributed by atoms with Gasteiger partial charge in [0, 0.05) is 17.4 Å².